The summed E-state index contributed by atoms with van der Waals surface area (Å²) >= 11 is 0. The molecule has 0 bridgehead atoms. The molecule has 0 amide bonds. The van der Waals surface area contributed by atoms with Gasteiger partial charge < -0.3 is 14.6 Å². The molecule has 2 aliphatic rings. The van der Waals surface area contributed by atoms with E-state index in [0.717, 1.165) is 18.4 Å². The molecule has 5 nitrogen and oxygen atoms in total. The second-order valence-corrected chi connectivity index (χ2v) is 6.13. The van der Waals surface area contributed by atoms with Crippen molar-refractivity contribution in [2.75, 3.05) is 13.7 Å². The van der Waals surface area contributed by atoms with Gasteiger partial charge in [0.25, 0.3) is 0 Å². The first-order valence-corrected chi connectivity index (χ1v) is 7.30. The van der Waals surface area contributed by atoms with E-state index in [9.17, 15) is 0 Å². The van der Waals surface area contributed by atoms with Crippen LogP contribution >= 0.6 is 0 Å². The predicted octanol–water partition coefficient (Wildman–Crippen LogP) is 2.47. The molecule has 3 rings (SSSR count). The van der Waals surface area contributed by atoms with Gasteiger partial charge in [-0.3, -0.25) is 0 Å². The Morgan fingerprint density at radius 2 is 2.21 bits per heavy atom. The molecule has 1 aromatic heterocycles. The number of hydrogen-bond donors (Lipinski definition) is 1. The van der Waals surface area contributed by atoms with Crippen LogP contribution < -0.4 is 5.32 Å². The molecule has 0 aromatic carbocycles. The third-order valence-electron chi connectivity index (χ3n) is 4.58. The fraction of sp³-hybridized carbons (Fsp3) is 0.857. The second kappa shape index (κ2) is 5.21. The Morgan fingerprint density at radius 1 is 1.37 bits per heavy atom. The average molecular weight is 265 g/mol. The van der Waals surface area contributed by atoms with Gasteiger partial charge in [0.1, 0.15) is 6.10 Å². The normalized spacial score (nSPS) is 31.9. The van der Waals surface area contributed by atoms with Crippen LogP contribution in [-0.2, 0) is 4.74 Å². The Kier molecular flexibility index (Phi) is 3.58. The number of nitrogens with zero attached hydrogens (tertiary/aromatic N) is 2. The number of methoxy groups -OCH3 is 1. The third-order valence-corrected chi connectivity index (χ3v) is 4.58. The highest BCUT2D eigenvalue weighted by Gasteiger charge is 2.42. The summed E-state index contributed by atoms with van der Waals surface area (Å²) in [5, 5.41) is 7.65. The lowest BCUT2D eigenvalue weighted by Crippen LogP contribution is -2.18. The van der Waals surface area contributed by atoms with E-state index in [-0.39, 0.29) is 12.1 Å². The van der Waals surface area contributed by atoms with Crippen molar-refractivity contribution in [1.82, 2.24) is 15.5 Å². The van der Waals surface area contributed by atoms with Crippen molar-refractivity contribution >= 4 is 0 Å². The molecule has 0 radical (unpaired) electrons. The quantitative estimate of drug-likeness (QED) is 0.906. The van der Waals surface area contributed by atoms with Crippen molar-refractivity contribution in [2.24, 2.45) is 17.8 Å². The van der Waals surface area contributed by atoms with Gasteiger partial charge in [-0.1, -0.05) is 25.4 Å². The number of ether oxygens (including phenoxy) is 1. The van der Waals surface area contributed by atoms with Crippen molar-refractivity contribution in [3.05, 3.63) is 11.7 Å². The lowest BCUT2D eigenvalue weighted by molar-refractivity contribution is 0.0555. The van der Waals surface area contributed by atoms with Crippen LogP contribution in [-0.4, -0.2) is 23.8 Å². The summed E-state index contributed by atoms with van der Waals surface area (Å²) in [6.45, 7) is 5.29. The fourth-order valence-electron chi connectivity index (χ4n) is 3.62. The number of nitrogens with one attached hydrogen (secondary N) is 1. The molecule has 1 saturated carbocycles. The monoisotopic (exact) mass is 265 g/mol. The van der Waals surface area contributed by atoms with Gasteiger partial charge in [-0.05, 0) is 37.1 Å². The number of aromatic nitrogens is 2. The SMILES string of the molecule is COC(c1noc(C2NCC3CCCC32)n1)C(C)C. The largest absolute Gasteiger partial charge is 0.373 e. The Balaban J connectivity index is 1.77. The number of hydrogen-bond acceptors (Lipinski definition) is 5. The molecule has 0 spiro atoms. The molecule has 1 saturated heterocycles. The molecule has 4 unspecified atom stereocenters. The van der Waals surface area contributed by atoms with E-state index in [1.807, 2.05) is 0 Å². The lowest BCUT2D eigenvalue weighted by atomic mass is 9.94. The zero-order valence-corrected chi connectivity index (χ0v) is 11.9. The van der Waals surface area contributed by atoms with Gasteiger partial charge in [0.2, 0.25) is 11.7 Å². The Hall–Kier alpha value is -0.940. The van der Waals surface area contributed by atoms with Crippen LogP contribution in [0.25, 0.3) is 0 Å². The summed E-state index contributed by atoms with van der Waals surface area (Å²) < 4.78 is 10.9. The van der Waals surface area contributed by atoms with E-state index in [4.69, 9.17) is 9.26 Å². The van der Waals surface area contributed by atoms with Gasteiger partial charge in [0.05, 0.1) is 6.04 Å². The average Bonchev–Trinajstić information content (AvgIpc) is 3.02. The molecule has 4 atom stereocenters. The molecule has 1 N–H and O–H groups in total. The maximum atomic E-state index is 5.49. The van der Waals surface area contributed by atoms with E-state index < -0.39 is 0 Å². The molecule has 2 fully saturated rings. The molecule has 1 aromatic rings. The highest BCUT2D eigenvalue weighted by molar-refractivity contribution is 5.04. The first-order valence-electron chi connectivity index (χ1n) is 7.30. The molecule has 2 heterocycles. The van der Waals surface area contributed by atoms with Crippen molar-refractivity contribution in [3.8, 4) is 0 Å². The van der Waals surface area contributed by atoms with Crippen LogP contribution in [0.15, 0.2) is 4.52 Å². The van der Waals surface area contributed by atoms with Crippen molar-refractivity contribution in [3.63, 3.8) is 0 Å². The first-order chi connectivity index (χ1) is 9.20. The van der Waals surface area contributed by atoms with Gasteiger partial charge in [-0.25, -0.2) is 0 Å². The molecule has 5 heteroatoms. The molecule has 106 valence electrons. The summed E-state index contributed by atoms with van der Waals surface area (Å²) in [5.41, 5.74) is 0. The van der Waals surface area contributed by atoms with Crippen LogP contribution in [0.3, 0.4) is 0 Å². The van der Waals surface area contributed by atoms with E-state index >= 15 is 0 Å². The highest BCUT2D eigenvalue weighted by Crippen LogP contribution is 2.44. The first kappa shape index (κ1) is 13.1. The topological polar surface area (TPSA) is 60.2 Å². The van der Waals surface area contributed by atoms with E-state index in [2.05, 4.69) is 29.3 Å². The van der Waals surface area contributed by atoms with Crippen molar-refractivity contribution in [1.29, 1.82) is 0 Å². The van der Waals surface area contributed by atoms with Gasteiger partial charge in [0, 0.05) is 7.11 Å². The van der Waals surface area contributed by atoms with Gasteiger partial charge in [-0.15, -0.1) is 0 Å². The third kappa shape index (κ3) is 2.30. The van der Waals surface area contributed by atoms with Gasteiger partial charge >= 0.3 is 0 Å². The summed E-state index contributed by atoms with van der Waals surface area (Å²) in [6.07, 6.45) is 3.86. The minimum absolute atomic E-state index is 0.0849. The van der Waals surface area contributed by atoms with Gasteiger partial charge in [0.15, 0.2) is 0 Å². The standard InChI is InChI=1S/C14H23N3O2/c1-8(2)12(18-3)13-16-14(19-17-13)11-10-6-4-5-9(10)7-15-11/h8-12,15H,4-7H2,1-3H3. The van der Waals surface area contributed by atoms with Crippen molar-refractivity contribution in [2.45, 2.75) is 45.3 Å². The minimum atomic E-state index is -0.0849. The van der Waals surface area contributed by atoms with Crippen LogP contribution in [0.2, 0.25) is 0 Å². The zero-order valence-electron chi connectivity index (χ0n) is 11.9. The Bertz CT molecular complexity index is 432. The van der Waals surface area contributed by atoms with Crippen LogP contribution in [0.1, 0.15) is 57.0 Å². The molecular weight excluding hydrogens is 242 g/mol. The Morgan fingerprint density at radius 3 is 2.95 bits per heavy atom. The maximum absolute atomic E-state index is 5.49. The predicted molar refractivity (Wildman–Crippen MR) is 70.5 cm³/mol. The highest BCUT2D eigenvalue weighted by atomic mass is 16.5. The summed E-state index contributed by atoms with van der Waals surface area (Å²) in [5.74, 6) is 3.23. The zero-order chi connectivity index (χ0) is 13.4. The van der Waals surface area contributed by atoms with Crippen LogP contribution in [0.4, 0.5) is 0 Å². The lowest BCUT2D eigenvalue weighted by Gasteiger charge is -2.15. The Labute approximate surface area is 114 Å². The van der Waals surface area contributed by atoms with Crippen LogP contribution in [0, 0.1) is 17.8 Å². The fourth-order valence-corrected chi connectivity index (χ4v) is 3.62. The summed E-state index contributed by atoms with van der Waals surface area (Å²) in [7, 11) is 1.70. The van der Waals surface area contributed by atoms with E-state index in [0.29, 0.717) is 17.7 Å². The number of rotatable bonds is 4. The van der Waals surface area contributed by atoms with Gasteiger partial charge in [-0.2, -0.15) is 4.98 Å². The molecule has 1 aliphatic heterocycles. The summed E-state index contributed by atoms with van der Waals surface area (Å²) in [6, 6.07) is 0.249. The smallest absolute Gasteiger partial charge is 0.244 e. The summed E-state index contributed by atoms with van der Waals surface area (Å²) in [4.78, 5) is 4.58. The molecular formula is C14H23N3O2. The second-order valence-electron chi connectivity index (χ2n) is 6.13. The number of fused-ring (bicyclic) bond motifs is 1. The minimum Gasteiger partial charge on any atom is -0.373 e. The molecule has 1 aliphatic carbocycles. The van der Waals surface area contributed by atoms with E-state index in [1.165, 1.54) is 19.3 Å². The molecule has 19 heavy (non-hydrogen) atoms. The van der Waals surface area contributed by atoms with Crippen molar-refractivity contribution < 1.29 is 9.26 Å². The van der Waals surface area contributed by atoms with Crippen LogP contribution in [0.5, 0.6) is 0 Å². The van der Waals surface area contributed by atoms with E-state index in [1.54, 1.807) is 7.11 Å². The maximum Gasteiger partial charge on any atom is 0.244 e.